The van der Waals surface area contributed by atoms with Crippen LogP contribution in [-0.4, -0.2) is 40.8 Å². The Kier molecular flexibility index (Phi) is 3.61. The van der Waals surface area contributed by atoms with Crippen LogP contribution < -0.4 is 15.4 Å². The Labute approximate surface area is 112 Å². The average molecular weight is 265 g/mol. The van der Waals surface area contributed by atoms with Crippen molar-refractivity contribution in [3.05, 3.63) is 18.3 Å². The van der Waals surface area contributed by atoms with Gasteiger partial charge in [-0.2, -0.15) is 0 Å². The van der Waals surface area contributed by atoms with E-state index in [1.165, 1.54) is 0 Å². The number of hydrogen-bond donors (Lipinski definition) is 2. The predicted octanol–water partition coefficient (Wildman–Crippen LogP) is 0.861. The first-order valence-corrected chi connectivity index (χ1v) is 6.31. The molecule has 104 valence electrons. The number of nitrogens with two attached hydrogens (primary N) is 1. The van der Waals surface area contributed by atoms with Crippen molar-refractivity contribution in [3.63, 3.8) is 0 Å². The SMILES string of the molecule is CC(C)Oc1cccnc1N1CCC(N)(C(=O)O)C1. The number of carboxylic acids is 1. The molecule has 19 heavy (non-hydrogen) atoms. The number of aromatic nitrogens is 1. The molecule has 1 aliphatic rings. The van der Waals surface area contributed by atoms with Crippen LogP contribution >= 0.6 is 0 Å². The Morgan fingerprint density at radius 1 is 1.63 bits per heavy atom. The van der Waals surface area contributed by atoms with Crippen molar-refractivity contribution in [1.82, 2.24) is 4.98 Å². The largest absolute Gasteiger partial charge is 0.487 e. The van der Waals surface area contributed by atoms with Crippen molar-refractivity contribution in [2.45, 2.75) is 31.9 Å². The van der Waals surface area contributed by atoms with E-state index in [2.05, 4.69) is 4.98 Å². The van der Waals surface area contributed by atoms with E-state index in [0.29, 0.717) is 24.5 Å². The summed E-state index contributed by atoms with van der Waals surface area (Å²) in [6.45, 7) is 4.68. The molecule has 2 rings (SSSR count). The summed E-state index contributed by atoms with van der Waals surface area (Å²) in [6, 6.07) is 3.63. The lowest BCUT2D eigenvalue weighted by Crippen LogP contribution is -2.50. The maximum atomic E-state index is 11.2. The van der Waals surface area contributed by atoms with Crippen LogP contribution in [0, 0.1) is 0 Å². The van der Waals surface area contributed by atoms with E-state index in [1.807, 2.05) is 24.8 Å². The van der Waals surface area contributed by atoms with Gasteiger partial charge in [-0.05, 0) is 32.4 Å². The summed E-state index contributed by atoms with van der Waals surface area (Å²) in [5.74, 6) is 0.342. The summed E-state index contributed by atoms with van der Waals surface area (Å²) in [7, 11) is 0. The third-order valence-electron chi connectivity index (χ3n) is 3.14. The van der Waals surface area contributed by atoms with Gasteiger partial charge in [0.15, 0.2) is 11.6 Å². The van der Waals surface area contributed by atoms with Crippen LogP contribution in [0.1, 0.15) is 20.3 Å². The van der Waals surface area contributed by atoms with Crippen LogP contribution in [0.2, 0.25) is 0 Å². The number of aliphatic carboxylic acids is 1. The summed E-state index contributed by atoms with van der Waals surface area (Å²) in [6.07, 6.45) is 2.10. The molecule has 0 aromatic carbocycles. The van der Waals surface area contributed by atoms with Crippen LogP contribution in [-0.2, 0) is 4.79 Å². The molecule has 1 aliphatic heterocycles. The first-order chi connectivity index (χ1) is 8.92. The summed E-state index contributed by atoms with van der Waals surface area (Å²) in [4.78, 5) is 17.3. The molecular formula is C13H19N3O3. The number of anilines is 1. The number of nitrogens with zero attached hydrogens (tertiary/aromatic N) is 2. The topological polar surface area (TPSA) is 88.7 Å². The minimum absolute atomic E-state index is 0.0349. The summed E-state index contributed by atoms with van der Waals surface area (Å²) >= 11 is 0. The van der Waals surface area contributed by atoms with Crippen molar-refractivity contribution in [3.8, 4) is 5.75 Å². The van der Waals surface area contributed by atoms with Crippen molar-refractivity contribution in [2.75, 3.05) is 18.0 Å². The summed E-state index contributed by atoms with van der Waals surface area (Å²) < 4.78 is 5.69. The molecule has 0 bridgehead atoms. The van der Waals surface area contributed by atoms with Gasteiger partial charge in [0, 0.05) is 19.3 Å². The third-order valence-corrected chi connectivity index (χ3v) is 3.14. The highest BCUT2D eigenvalue weighted by Crippen LogP contribution is 2.31. The smallest absolute Gasteiger partial charge is 0.325 e. The zero-order chi connectivity index (χ0) is 14.0. The van der Waals surface area contributed by atoms with Gasteiger partial charge < -0.3 is 20.5 Å². The molecule has 0 spiro atoms. The highest BCUT2D eigenvalue weighted by Gasteiger charge is 2.42. The average Bonchev–Trinajstić information content (AvgIpc) is 2.73. The lowest BCUT2D eigenvalue weighted by Gasteiger charge is -2.23. The molecule has 0 radical (unpaired) electrons. The highest BCUT2D eigenvalue weighted by atomic mass is 16.5. The molecule has 1 atom stereocenters. The van der Waals surface area contributed by atoms with Crippen molar-refractivity contribution >= 4 is 11.8 Å². The van der Waals surface area contributed by atoms with Gasteiger partial charge in [-0.3, -0.25) is 4.79 Å². The maximum Gasteiger partial charge on any atom is 0.325 e. The second-order valence-electron chi connectivity index (χ2n) is 5.12. The van der Waals surface area contributed by atoms with Crippen LogP contribution in [0.5, 0.6) is 5.75 Å². The Morgan fingerprint density at radius 3 is 2.95 bits per heavy atom. The molecular weight excluding hydrogens is 246 g/mol. The van der Waals surface area contributed by atoms with E-state index in [-0.39, 0.29) is 12.6 Å². The van der Waals surface area contributed by atoms with Gasteiger partial charge in [0.1, 0.15) is 5.54 Å². The fourth-order valence-electron chi connectivity index (χ4n) is 2.15. The van der Waals surface area contributed by atoms with Crippen LogP contribution in [0.15, 0.2) is 18.3 Å². The van der Waals surface area contributed by atoms with Crippen molar-refractivity contribution in [1.29, 1.82) is 0 Å². The molecule has 1 fully saturated rings. The standard InChI is InChI=1S/C13H19N3O3/c1-9(2)19-10-4-3-6-15-11(10)16-7-5-13(14,8-16)12(17)18/h3-4,6,9H,5,7-8,14H2,1-2H3,(H,17,18). The van der Waals surface area contributed by atoms with Crippen molar-refractivity contribution < 1.29 is 14.6 Å². The summed E-state index contributed by atoms with van der Waals surface area (Å²) in [5.41, 5.74) is 4.67. The molecule has 1 aromatic rings. The van der Waals surface area contributed by atoms with Gasteiger partial charge in [0.05, 0.1) is 6.10 Å². The Bertz CT molecular complexity index is 478. The van der Waals surface area contributed by atoms with Gasteiger partial charge in [-0.1, -0.05) is 0 Å². The number of carbonyl (C=O) groups is 1. The molecule has 0 saturated carbocycles. The van der Waals surface area contributed by atoms with E-state index < -0.39 is 11.5 Å². The van der Waals surface area contributed by atoms with Gasteiger partial charge in [-0.25, -0.2) is 4.98 Å². The van der Waals surface area contributed by atoms with Crippen LogP contribution in [0.4, 0.5) is 5.82 Å². The predicted molar refractivity (Wildman–Crippen MR) is 71.4 cm³/mol. The quantitative estimate of drug-likeness (QED) is 0.839. The minimum Gasteiger partial charge on any atom is -0.487 e. The van der Waals surface area contributed by atoms with Crippen molar-refractivity contribution in [2.24, 2.45) is 5.73 Å². The first kappa shape index (κ1) is 13.6. The van der Waals surface area contributed by atoms with E-state index in [4.69, 9.17) is 15.6 Å². The fourth-order valence-corrected chi connectivity index (χ4v) is 2.15. The maximum absolute atomic E-state index is 11.2. The summed E-state index contributed by atoms with van der Waals surface area (Å²) in [5, 5.41) is 9.15. The first-order valence-electron chi connectivity index (χ1n) is 6.31. The zero-order valence-corrected chi connectivity index (χ0v) is 11.2. The fraction of sp³-hybridized carbons (Fsp3) is 0.538. The van der Waals surface area contributed by atoms with E-state index in [1.54, 1.807) is 12.3 Å². The van der Waals surface area contributed by atoms with Gasteiger partial charge in [-0.15, -0.1) is 0 Å². The second kappa shape index (κ2) is 5.05. The number of ether oxygens (including phenoxy) is 1. The monoisotopic (exact) mass is 265 g/mol. The van der Waals surface area contributed by atoms with Gasteiger partial charge in [0.25, 0.3) is 0 Å². The number of hydrogen-bond acceptors (Lipinski definition) is 5. The molecule has 1 saturated heterocycles. The normalized spacial score (nSPS) is 22.8. The van der Waals surface area contributed by atoms with Gasteiger partial charge in [0.2, 0.25) is 0 Å². The molecule has 0 aliphatic carbocycles. The number of pyridine rings is 1. The number of rotatable bonds is 4. The molecule has 1 unspecified atom stereocenters. The Balaban J connectivity index is 2.22. The third kappa shape index (κ3) is 2.78. The zero-order valence-electron chi connectivity index (χ0n) is 11.2. The molecule has 1 aromatic heterocycles. The second-order valence-corrected chi connectivity index (χ2v) is 5.12. The lowest BCUT2D eigenvalue weighted by atomic mass is 10.0. The number of carboxylic acid groups (broad SMARTS) is 1. The lowest BCUT2D eigenvalue weighted by molar-refractivity contribution is -0.142. The van der Waals surface area contributed by atoms with E-state index in [0.717, 1.165) is 0 Å². The molecule has 6 nitrogen and oxygen atoms in total. The highest BCUT2D eigenvalue weighted by molar-refractivity contribution is 5.80. The van der Waals surface area contributed by atoms with Crippen LogP contribution in [0.3, 0.4) is 0 Å². The van der Waals surface area contributed by atoms with Crippen LogP contribution in [0.25, 0.3) is 0 Å². The molecule has 0 amide bonds. The Hall–Kier alpha value is -1.82. The van der Waals surface area contributed by atoms with E-state index in [9.17, 15) is 4.79 Å². The van der Waals surface area contributed by atoms with Gasteiger partial charge >= 0.3 is 5.97 Å². The Morgan fingerprint density at radius 2 is 2.37 bits per heavy atom. The molecule has 6 heteroatoms. The molecule has 2 heterocycles. The molecule has 3 N–H and O–H groups in total. The minimum atomic E-state index is -1.20. The van der Waals surface area contributed by atoms with E-state index >= 15 is 0 Å².